The van der Waals surface area contributed by atoms with Gasteiger partial charge in [0, 0.05) is 87.3 Å². The van der Waals surface area contributed by atoms with Gasteiger partial charge in [-0.2, -0.15) is 0 Å². The van der Waals surface area contributed by atoms with Crippen molar-refractivity contribution in [1.82, 2.24) is 19.4 Å². The number of benzene rings is 1. The zero-order chi connectivity index (χ0) is 21.5. The number of pyridine rings is 1. The summed E-state index contributed by atoms with van der Waals surface area (Å²) >= 11 is 6.08. The van der Waals surface area contributed by atoms with E-state index in [9.17, 15) is 4.79 Å². The van der Waals surface area contributed by atoms with Crippen LogP contribution < -0.4 is 0 Å². The molecule has 2 aromatic heterocycles. The fraction of sp³-hybridized carbons (Fsp3) is 0.360. The van der Waals surface area contributed by atoms with Crippen molar-refractivity contribution in [1.29, 1.82) is 0 Å². The lowest BCUT2D eigenvalue weighted by Gasteiger charge is -2.35. The zero-order valence-electron chi connectivity index (χ0n) is 17.7. The molecular formula is C25H29ClN4O. The summed E-state index contributed by atoms with van der Waals surface area (Å²) < 4.78 is 2.14. The van der Waals surface area contributed by atoms with E-state index in [1.807, 2.05) is 72.0 Å². The third-order valence-electron chi connectivity index (χ3n) is 6.00. The van der Waals surface area contributed by atoms with E-state index in [2.05, 4.69) is 20.5 Å². The predicted molar refractivity (Wildman–Crippen MR) is 124 cm³/mol. The highest BCUT2D eigenvalue weighted by atomic mass is 35.5. The Kier molecular flexibility index (Phi) is 7.39. The quantitative estimate of drug-likeness (QED) is 0.534. The van der Waals surface area contributed by atoms with Crippen molar-refractivity contribution in [2.24, 2.45) is 0 Å². The highest BCUT2D eigenvalue weighted by Gasteiger charge is 2.24. The molecular weight excluding hydrogens is 408 g/mol. The topological polar surface area (TPSA) is 41.4 Å². The molecule has 1 aromatic carbocycles. The standard InChI is InChI=1S/C25H29ClN4O/c26-23-8-6-21(7-9-23)22(20-29-12-3-4-13-29)19-25(31)30-17-15-28(16-18-30)14-10-24-5-1-2-11-27-24/h1-9,11-13,22H,10,14-20H2/t22-/m0/s1. The van der Waals surface area contributed by atoms with Crippen molar-refractivity contribution in [3.05, 3.63) is 89.5 Å². The average molecular weight is 437 g/mol. The normalized spacial score (nSPS) is 15.7. The van der Waals surface area contributed by atoms with E-state index >= 15 is 0 Å². The van der Waals surface area contributed by atoms with E-state index in [0.717, 1.165) is 62.0 Å². The molecule has 3 aromatic rings. The Bertz CT molecular complexity index is 935. The summed E-state index contributed by atoms with van der Waals surface area (Å²) in [5.41, 5.74) is 2.28. The minimum absolute atomic E-state index is 0.124. The summed E-state index contributed by atoms with van der Waals surface area (Å²) in [4.78, 5) is 22.0. The molecule has 0 aliphatic carbocycles. The fourth-order valence-corrected chi connectivity index (χ4v) is 4.27. The SMILES string of the molecule is O=C(C[C@@H](Cn1cccc1)c1ccc(Cl)cc1)N1CCN(CCc2ccccn2)CC1. The Labute approximate surface area is 189 Å². The molecule has 31 heavy (non-hydrogen) atoms. The maximum Gasteiger partial charge on any atom is 0.223 e. The van der Waals surface area contributed by atoms with Gasteiger partial charge in [-0.15, -0.1) is 0 Å². The molecule has 0 spiro atoms. The molecule has 4 rings (SSSR count). The molecule has 0 unspecified atom stereocenters. The van der Waals surface area contributed by atoms with Crippen molar-refractivity contribution < 1.29 is 4.79 Å². The minimum atomic E-state index is 0.124. The fourth-order valence-electron chi connectivity index (χ4n) is 4.15. The largest absolute Gasteiger partial charge is 0.354 e. The van der Waals surface area contributed by atoms with Crippen molar-refractivity contribution in [2.75, 3.05) is 32.7 Å². The Morgan fingerprint density at radius 3 is 2.39 bits per heavy atom. The van der Waals surface area contributed by atoms with Gasteiger partial charge in [0.1, 0.15) is 0 Å². The van der Waals surface area contributed by atoms with Gasteiger partial charge in [-0.1, -0.05) is 29.8 Å². The van der Waals surface area contributed by atoms with Crippen molar-refractivity contribution in [2.45, 2.75) is 25.3 Å². The molecule has 0 N–H and O–H groups in total. The number of aromatic nitrogens is 2. The summed E-state index contributed by atoms with van der Waals surface area (Å²) in [7, 11) is 0. The number of amides is 1. The molecule has 0 bridgehead atoms. The summed E-state index contributed by atoms with van der Waals surface area (Å²) in [6.07, 6.45) is 7.40. The highest BCUT2D eigenvalue weighted by molar-refractivity contribution is 6.30. The number of carbonyl (C=O) groups excluding carboxylic acids is 1. The second-order valence-corrected chi connectivity index (χ2v) is 8.56. The lowest BCUT2D eigenvalue weighted by atomic mass is 9.94. The summed E-state index contributed by atoms with van der Waals surface area (Å²) in [5, 5.41) is 0.719. The molecule has 1 atom stereocenters. The first-order valence-electron chi connectivity index (χ1n) is 10.9. The van der Waals surface area contributed by atoms with Crippen LogP contribution >= 0.6 is 11.6 Å². The Morgan fingerprint density at radius 1 is 0.968 bits per heavy atom. The van der Waals surface area contributed by atoms with Crippen molar-refractivity contribution in [3.63, 3.8) is 0 Å². The first-order valence-corrected chi connectivity index (χ1v) is 11.3. The third-order valence-corrected chi connectivity index (χ3v) is 6.25. The number of hydrogen-bond acceptors (Lipinski definition) is 3. The number of rotatable bonds is 8. The van der Waals surface area contributed by atoms with Crippen molar-refractivity contribution in [3.8, 4) is 0 Å². The van der Waals surface area contributed by atoms with E-state index in [1.165, 1.54) is 0 Å². The van der Waals surface area contributed by atoms with E-state index < -0.39 is 0 Å². The van der Waals surface area contributed by atoms with Gasteiger partial charge >= 0.3 is 0 Å². The number of hydrogen-bond donors (Lipinski definition) is 0. The molecule has 6 heteroatoms. The van der Waals surface area contributed by atoms with Crippen LogP contribution in [0.5, 0.6) is 0 Å². The molecule has 1 amide bonds. The van der Waals surface area contributed by atoms with Crippen LogP contribution in [-0.4, -0.2) is 58.0 Å². The van der Waals surface area contributed by atoms with E-state index in [4.69, 9.17) is 11.6 Å². The maximum absolute atomic E-state index is 13.1. The van der Waals surface area contributed by atoms with E-state index in [0.29, 0.717) is 6.42 Å². The van der Waals surface area contributed by atoms with Crippen LogP contribution in [0.15, 0.2) is 73.2 Å². The third kappa shape index (κ3) is 6.18. The van der Waals surface area contributed by atoms with Gasteiger partial charge in [-0.3, -0.25) is 14.7 Å². The molecule has 1 aliphatic rings. The molecule has 3 heterocycles. The zero-order valence-corrected chi connectivity index (χ0v) is 18.5. The first kappa shape index (κ1) is 21.6. The van der Waals surface area contributed by atoms with Crippen LogP contribution in [0.25, 0.3) is 0 Å². The number of carbonyl (C=O) groups is 1. The minimum Gasteiger partial charge on any atom is -0.354 e. The summed E-state index contributed by atoms with van der Waals surface area (Å²) in [6.45, 7) is 5.18. The lowest BCUT2D eigenvalue weighted by molar-refractivity contribution is -0.133. The number of piperazine rings is 1. The Hall–Kier alpha value is -2.63. The Morgan fingerprint density at radius 2 is 1.71 bits per heavy atom. The second kappa shape index (κ2) is 10.6. The van der Waals surface area contributed by atoms with Gasteiger partial charge in [0.05, 0.1) is 0 Å². The lowest BCUT2D eigenvalue weighted by Crippen LogP contribution is -2.49. The number of nitrogens with zero attached hydrogens (tertiary/aromatic N) is 4. The second-order valence-electron chi connectivity index (χ2n) is 8.13. The summed E-state index contributed by atoms with van der Waals surface area (Å²) in [5.74, 6) is 0.357. The molecule has 1 aliphatic heterocycles. The monoisotopic (exact) mass is 436 g/mol. The van der Waals surface area contributed by atoms with Gasteiger partial charge in [0.15, 0.2) is 0 Å². The van der Waals surface area contributed by atoms with Gasteiger partial charge in [-0.05, 0) is 42.0 Å². The molecule has 1 fully saturated rings. The van der Waals surface area contributed by atoms with Crippen molar-refractivity contribution >= 4 is 17.5 Å². The van der Waals surface area contributed by atoms with E-state index in [1.54, 1.807) is 0 Å². The predicted octanol–water partition coefficient (Wildman–Crippen LogP) is 4.10. The Balaban J connectivity index is 1.31. The first-order chi connectivity index (χ1) is 15.2. The molecule has 162 valence electrons. The number of halogens is 1. The average Bonchev–Trinajstić information content (AvgIpc) is 3.32. The molecule has 5 nitrogen and oxygen atoms in total. The molecule has 0 saturated carbocycles. The maximum atomic E-state index is 13.1. The smallest absolute Gasteiger partial charge is 0.223 e. The van der Waals surface area contributed by atoms with Gasteiger partial charge in [-0.25, -0.2) is 0 Å². The van der Waals surface area contributed by atoms with Gasteiger partial charge in [0.25, 0.3) is 0 Å². The summed E-state index contributed by atoms with van der Waals surface area (Å²) in [6, 6.07) is 18.0. The van der Waals surface area contributed by atoms with Crippen LogP contribution in [0, 0.1) is 0 Å². The van der Waals surface area contributed by atoms with Gasteiger partial charge in [0.2, 0.25) is 5.91 Å². The highest BCUT2D eigenvalue weighted by Crippen LogP contribution is 2.25. The van der Waals surface area contributed by atoms with Gasteiger partial charge < -0.3 is 9.47 Å². The van der Waals surface area contributed by atoms with E-state index in [-0.39, 0.29) is 11.8 Å². The van der Waals surface area contributed by atoms with Crippen LogP contribution in [0.3, 0.4) is 0 Å². The van der Waals surface area contributed by atoms with Crippen LogP contribution in [-0.2, 0) is 17.8 Å². The van der Waals surface area contributed by atoms with Crippen LogP contribution in [0.4, 0.5) is 0 Å². The molecule has 0 radical (unpaired) electrons. The van der Waals surface area contributed by atoms with Crippen LogP contribution in [0.2, 0.25) is 5.02 Å². The molecule has 1 saturated heterocycles. The van der Waals surface area contributed by atoms with Crippen LogP contribution in [0.1, 0.15) is 23.6 Å².